The molecule has 24 heavy (non-hydrogen) atoms. The van der Waals surface area contributed by atoms with Crippen LogP contribution in [0.1, 0.15) is 12.8 Å². The van der Waals surface area contributed by atoms with Crippen molar-refractivity contribution in [1.29, 1.82) is 0 Å². The first kappa shape index (κ1) is 17.4. The van der Waals surface area contributed by atoms with Crippen LogP contribution in [0.3, 0.4) is 0 Å². The predicted octanol–water partition coefficient (Wildman–Crippen LogP) is 0.267. The van der Waals surface area contributed by atoms with E-state index in [1.54, 1.807) is 6.20 Å². The number of aromatic nitrogens is 2. The van der Waals surface area contributed by atoms with Crippen LogP contribution in [-0.4, -0.2) is 78.1 Å². The maximum absolute atomic E-state index is 9.78. The minimum absolute atomic E-state index is 0.208. The van der Waals surface area contributed by atoms with Crippen LogP contribution in [0.2, 0.25) is 0 Å². The first-order valence-corrected chi connectivity index (χ1v) is 8.93. The SMILES string of the molecule is CNc1ccnc(N2C[C@@H](CO)[C@@H](CN3CCC(CO)CC3)C2)n1. The molecule has 0 saturated carbocycles. The van der Waals surface area contributed by atoms with Crippen molar-refractivity contribution in [2.45, 2.75) is 12.8 Å². The lowest BCUT2D eigenvalue weighted by atomic mass is 9.93. The van der Waals surface area contributed by atoms with E-state index >= 15 is 0 Å². The number of hydrogen-bond acceptors (Lipinski definition) is 7. The van der Waals surface area contributed by atoms with Gasteiger partial charge in [0, 0.05) is 52.0 Å². The van der Waals surface area contributed by atoms with Crippen LogP contribution < -0.4 is 10.2 Å². The highest BCUT2D eigenvalue weighted by molar-refractivity contribution is 5.41. The van der Waals surface area contributed by atoms with E-state index < -0.39 is 0 Å². The number of likely N-dealkylation sites (tertiary alicyclic amines) is 1. The third kappa shape index (κ3) is 3.96. The number of piperidine rings is 1. The van der Waals surface area contributed by atoms with Crippen molar-refractivity contribution in [1.82, 2.24) is 14.9 Å². The van der Waals surface area contributed by atoms with Gasteiger partial charge in [0.2, 0.25) is 5.95 Å². The number of hydrogen-bond donors (Lipinski definition) is 3. The van der Waals surface area contributed by atoms with Gasteiger partial charge in [-0.25, -0.2) is 4.98 Å². The Balaban J connectivity index is 1.60. The number of aliphatic hydroxyl groups excluding tert-OH is 2. The number of rotatable bonds is 6. The van der Waals surface area contributed by atoms with Crippen LogP contribution in [0, 0.1) is 17.8 Å². The molecule has 0 spiro atoms. The van der Waals surface area contributed by atoms with Crippen LogP contribution >= 0.6 is 0 Å². The number of nitrogens with one attached hydrogen (secondary N) is 1. The number of nitrogens with zero attached hydrogens (tertiary/aromatic N) is 4. The minimum Gasteiger partial charge on any atom is -0.396 e. The second-order valence-corrected chi connectivity index (χ2v) is 7.03. The van der Waals surface area contributed by atoms with Crippen LogP contribution in [-0.2, 0) is 0 Å². The van der Waals surface area contributed by atoms with E-state index in [9.17, 15) is 10.2 Å². The highest BCUT2D eigenvalue weighted by Crippen LogP contribution is 2.28. The van der Waals surface area contributed by atoms with E-state index in [1.165, 1.54) is 0 Å². The molecule has 0 radical (unpaired) electrons. The molecule has 0 amide bonds. The molecular formula is C17H29N5O2. The maximum atomic E-state index is 9.78. The van der Waals surface area contributed by atoms with Crippen molar-refractivity contribution in [3.63, 3.8) is 0 Å². The minimum atomic E-state index is 0.208. The fourth-order valence-corrected chi connectivity index (χ4v) is 3.84. The highest BCUT2D eigenvalue weighted by atomic mass is 16.3. The second-order valence-electron chi connectivity index (χ2n) is 7.03. The lowest BCUT2D eigenvalue weighted by Crippen LogP contribution is -2.40. The monoisotopic (exact) mass is 335 g/mol. The summed E-state index contributed by atoms with van der Waals surface area (Å²) in [5.41, 5.74) is 0. The van der Waals surface area contributed by atoms with Crippen molar-refractivity contribution in [2.24, 2.45) is 17.8 Å². The second kappa shape index (κ2) is 8.09. The zero-order valence-corrected chi connectivity index (χ0v) is 14.4. The van der Waals surface area contributed by atoms with Gasteiger partial charge in [0.1, 0.15) is 5.82 Å². The Morgan fingerprint density at radius 3 is 2.58 bits per heavy atom. The Morgan fingerprint density at radius 2 is 1.92 bits per heavy atom. The topological polar surface area (TPSA) is 84.8 Å². The van der Waals surface area contributed by atoms with Gasteiger partial charge >= 0.3 is 0 Å². The highest BCUT2D eigenvalue weighted by Gasteiger charge is 2.35. The van der Waals surface area contributed by atoms with Crippen LogP contribution in [0.5, 0.6) is 0 Å². The molecule has 0 aromatic carbocycles. The molecule has 2 fully saturated rings. The summed E-state index contributed by atoms with van der Waals surface area (Å²) in [4.78, 5) is 13.6. The predicted molar refractivity (Wildman–Crippen MR) is 94.1 cm³/mol. The fraction of sp³-hybridized carbons (Fsp3) is 0.765. The Kier molecular flexibility index (Phi) is 5.86. The quantitative estimate of drug-likeness (QED) is 0.688. The molecule has 3 rings (SSSR count). The van der Waals surface area contributed by atoms with Crippen LogP contribution in [0.25, 0.3) is 0 Å². The van der Waals surface area contributed by atoms with Gasteiger partial charge in [-0.15, -0.1) is 0 Å². The maximum Gasteiger partial charge on any atom is 0.227 e. The average molecular weight is 335 g/mol. The molecule has 7 heteroatoms. The Hall–Kier alpha value is -1.44. The summed E-state index contributed by atoms with van der Waals surface area (Å²) in [5.74, 6) is 2.72. The van der Waals surface area contributed by atoms with Crippen molar-refractivity contribution in [3.8, 4) is 0 Å². The first-order chi connectivity index (χ1) is 11.7. The van der Waals surface area contributed by atoms with Gasteiger partial charge < -0.3 is 25.3 Å². The summed E-state index contributed by atoms with van der Waals surface area (Å²) in [6.45, 7) is 5.31. The largest absolute Gasteiger partial charge is 0.396 e. The third-order valence-corrected chi connectivity index (χ3v) is 5.45. The molecule has 3 N–H and O–H groups in total. The molecule has 2 atom stereocenters. The van der Waals surface area contributed by atoms with Gasteiger partial charge in [0.05, 0.1) is 0 Å². The Bertz CT molecular complexity index is 521. The van der Waals surface area contributed by atoms with Crippen LogP contribution in [0.4, 0.5) is 11.8 Å². The Labute approximate surface area is 143 Å². The van der Waals surface area contributed by atoms with E-state index in [1.807, 2.05) is 13.1 Å². The summed E-state index contributed by atoms with van der Waals surface area (Å²) < 4.78 is 0. The van der Waals surface area contributed by atoms with Gasteiger partial charge in [0.15, 0.2) is 0 Å². The summed E-state index contributed by atoms with van der Waals surface area (Å²) >= 11 is 0. The van der Waals surface area contributed by atoms with Crippen LogP contribution in [0.15, 0.2) is 12.3 Å². The van der Waals surface area contributed by atoms with Gasteiger partial charge in [-0.2, -0.15) is 4.98 Å². The summed E-state index contributed by atoms with van der Waals surface area (Å²) in [6, 6.07) is 1.85. The molecule has 7 nitrogen and oxygen atoms in total. The lowest BCUT2D eigenvalue weighted by Gasteiger charge is -2.33. The van der Waals surface area contributed by atoms with Crippen molar-refractivity contribution in [2.75, 3.05) is 63.2 Å². The van der Waals surface area contributed by atoms with E-state index in [0.29, 0.717) is 18.4 Å². The van der Waals surface area contributed by atoms with E-state index in [0.717, 1.165) is 57.3 Å². The van der Waals surface area contributed by atoms with Gasteiger partial charge in [0.25, 0.3) is 0 Å². The normalized spacial score (nSPS) is 26.0. The molecule has 2 aliphatic heterocycles. The van der Waals surface area contributed by atoms with E-state index in [4.69, 9.17) is 0 Å². The summed E-state index contributed by atoms with van der Waals surface area (Å²) in [7, 11) is 1.85. The van der Waals surface area contributed by atoms with Gasteiger partial charge in [-0.1, -0.05) is 0 Å². The average Bonchev–Trinajstić information content (AvgIpc) is 3.05. The smallest absolute Gasteiger partial charge is 0.227 e. The van der Waals surface area contributed by atoms with Gasteiger partial charge in [-0.05, 0) is 43.8 Å². The molecule has 0 bridgehead atoms. The van der Waals surface area contributed by atoms with Crippen molar-refractivity contribution < 1.29 is 10.2 Å². The van der Waals surface area contributed by atoms with E-state index in [-0.39, 0.29) is 12.5 Å². The molecule has 0 unspecified atom stereocenters. The number of anilines is 2. The Morgan fingerprint density at radius 1 is 1.17 bits per heavy atom. The molecule has 3 heterocycles. The van der Waals surface area contributed by atoms with E-state index in [2.05, 4.69) is 25.1 Å². The zero-order valence-electron chi connectivity index (χ0n) is 14.4. The molecule has 134 valence electrons. The molecule has 2 saturated heterocycles. The zero-order chi connectivity index (χ0) is 16.9. The molecule has 2 aliphatic rings. The van der Waals surface area contributed by atoms with Crippen molar-refractivity contribution >= 4 is 11.8 Å². The standard InChI is InChI=1S/C17H29N5O2/c1-18-16-2-5-19-17(20-16)22-9-14(15(10-22)12-24)8-21-6-3-13(11-23)4-7-21/h2,5,13-15,23-24H,3-4,6-12H2,1H3,(H,18,19,20)/t14-,15-/m0/s1. The molecule has 0 aliphatic carbocycles. The number of aliphatic hydroxyl groups is 2. The lowest BCUT2D eigenvalue weighted by molar-refractivity contribution is 0.106. The first-order valence-electron chi connectivity index (χ1n) is 8.93. The molecular weight excluding hydrogens is 306 g/mol. The fourth-order valence-electron chi connectivity index (χ4n) is 3.84. The molecule has 1 aromatic heterocycles. The summed E-state index contributed by atoms with van der Waals surface area (Å²) in [5, 5.41) is 22.1. The summed E-state index contributed by atoms with van der Waals surface area (Å²) in [6.07, 6.45) is 3.92. The molecule has 1 aromatic rings. The van der Waals surface area contributed by atoms with Gasteiger partial charge in [-0.3, -0.25) is 0 Å². The third-order valence-electron chi connectivity index (χ3n) is 5.45. The van der Waals surface area contributed by atoms with Crippen molar-refractivity contribution in [3.05, 3.63) is 12.3 Å².